The third-order valence-electron chi connectivity index (χ3n) is 5.66. The number of nitrogens with one attached hydrogen (secondary N) is 1. The van der Waals surface area contributed by atoms with E-state index in [-0.39, 0.29) is 37.6 Å². The molecule has 0 aliphatic carbocycles. The van der Waals surface area contributed by atoms with Crippen molar-refractivity contribution in [3.63, 3.8) is 0 Å². The van der Waals surface area contributed by atoms with Crippen LogP contribution in [0.15, 0.2) is 30.3 Å². The molecule has 1 aromatic rings. The minimum atomic E-state index is -1.25. The smallest absolute Gasteiger partial charge is 0.410 e. The van der Waals surface area contributed by atoms with E-state index in [1.54, 1.807) is 4.90 Å². The third-order valence-corrected chi connectivity index (χ3v) is 5.66. The minimum Gasteiger partial charge on any atom is -0.445 e. The van der Waals surface area contributed by atoms with Gasteiger partial charge in [-0.3, -0.25) is 4.79 Å². The number of nitrogens with two attached hydrogens (primary N) is 1. The fourth-order valence-corrected chi connectivity index (χ4v) is 4.39. The molecule has 3 rings (SSSR count). The van der Waals surface area contributed by atoms with Gasteiger partial charge in [0.1, 0.15) is 17.7 Å². The third kappa shape index (κ3) is 5.04. The number of hydrogen-bond acceptors (Lipinski definition) is 5. The van der Waals surface area contributed by atoms with Crippen molar-refractivity contribution in [1.82, 2.24) is 10.2 Å². The lowest BCUT2D eigenvalue weighted by molar-refractivity contribution is -0.130. The molecule has 0 aromatic heterocycles. The fourth-order valence-electron chi connectivity index (χ4n) is 4.39. The zero-order valence-corrected chi connectivity index (χ0v) is 17.8. The van der Waals surface area contributed by atoms with E-state index in [0.717, 1.165) is 24.8 Å². The van der Waals surface area contributed by atoms with E-state index < -0.39 is 23.1 Å². The van der Waals surface area contributed by atoms with E-state index in [9.17, 15) is 14.4 Å². The van der Waals surface area contributed by atoms with Crippen LogP contribution in [0.1, 0.15) is 58.4 Å². The summed E-state index contributed by atoms with van der Waals surface area (Å²) in [6.07, 6.45) is 1.82. The van der Waals surface area contributed by atoms with Crippen LogP contribution in [0.4, 0.5) is 9.59 Å². The van der Waals surface area contributed by atoms with E-state index >= 15 is 0 Å². The Bertz CT molecular complexity index is 776. The molecule has 3 N–H and O–H groups in total. The van der Waals surface area contributed by atoms with Crippen molar-refractivity contribution in [2.75, 3.05) is 0 Å². The Morgan fingerprint density at radius 3 is 2.27 bits per heavy atom. The molecule has 2 bridgehead atoms. The molecule has 30 heavy (non-hydrogen) atoms. The monoisotopic (exact) mass is 417 g/mol. The maximum Gasteiger partial charge on any atom is 0.410 e. The van der Waals surface area contributed by atoms with Gasteiger partial charge in [-0.2, -0.15) is 0 Å². The first-order valence-corrected chi connectivity index (χ1v) is 10.4. The summed E-state index contributed by atoms with van der Waals surface area (Å²) in [4.78, 5) is 39.4. The highest BCUT2D eigenvalue weighted by atomic mass is 16.6. The highest BCUT2D eigenvalue weighted by Crippen LogP contribution is 2.40. The number of alkyl carbamates (subject to hydrolysis) is 1. The fraction of sp³-hybridized carbons (Fsp3) is 0.591. The van der Waals surface area contributed by atoms with Crippen molar-refractivity contribution in [1.29, 1.82) is 0 Å². The summed E-state index contributed by atoms with van der Waals surface area (Å²) in [5.41, 5.74) is 4.73. The van der Waals surface area contributed by atoms with Gasteiger partial charge in [0.25, 0.3) is 0 Å². The number of fused-ring (bicyclic) bond motifs is 2. The van der Waals surface area contributed by atoms with Crippen LogP contribution >= 0.6 is 0 Å². The lowest BCUT2D eigenvalue weighted by Crippen LogP contribution is -2.69. The zero-order chi connectivity index (χ0) is 21.9. The molecule has 0 radical (unpaired) electrons. The average Bonchev–Trinajstić information content (AvgIpc) is 2.65. The Hall–Kier alpha value is -2.77. The summed E-state index contributed by atoms with van der Waals surface area (Å²) in [6, 6.07) is 8.83. The van der Waals surface area contributed by atoms with Gasteiger partial charge >= 0.3 is 12.2 Å². The average molecular weight is 418 g/mol. The number of amides is 3. The Labute approximate surface area is 177 Å². The molecule has 2 atom stereocenters. The van der Waals surface area contributed by atoms with Crippen LogP contribution in [0, 0.1) is 0 Å². The van der Waals surface area contributed by atoms with Gasteiger partial charge in [-0.15, -0.1) is 0 Å². The van der Waals surface area contributed by atoms with Gasteiger partial charge in [-0.25, -0.2) is 9.59 Å². The van der Waals surface area contributed by atoms with Crippen LogP contribution in [0.25, 0.3) is 0 Å². The predicted octanol–water partition coefficient (Wildman–Crippen LogP) is 3.09. The molecular weight excluding hydrogens is 386 g/mol. The Balaban J connectivity index is 1.71. The van der Waals surface area contributed by atoms with Crippen LogP contribution in [-0.2, 0) is 20.9 Å². The maximum absolute atomic E-state index is 12.8. The van der Waals surface area contributed by atoms with Crippen molar-refractivity contribution in [2.24, 2.45) is 5.73 Å². The van der Waals surface area contributed by atoms with Gasteiger partial charge in [0.2, 0.25) is 5.91 Å². The van der Waals surface area contributed by atoms with Crippen LogP contribution in [0.5, 0.6) is 0 Å². The summed E-state index contributed by atoms with van der Waals surface area (Å²) in [6.45, 7) is 5.56. The van der Waals surface area contributed by atoms with Gasteiger partial charge in [0.15, 0.2) is 0 Å². The van der Waals surface area contributed by atoms with Crippen LogP contribution in [0.2, 0.25) is 0 Å². The standard InChI is InChI=1S/C22H31N3O5/c1-21(2,3)30-20(28)25-16-10-7-11-17(25)13-22(12-16,18(23)26)24-19(27)29-14-15-8-5-4-6-9-15/h4-6,8-9,16-17H,7,10-14H2,1-3H3,(H2,23,26)(H,24,27). The molecule has 3 amide bonds. The van der Waals surface area contributed by atoms with Crippen LogP contribution in [-0.4, -0.2) is 46.2 Å². The molecule has 2 aliphatic rings. The van der Waals surface area contributed by atoms with Crippen molar-refractivity contribution < 1.29 is 23.9 Å². The second-order valence-corrected chi connectivity index (χ2v) is 9.17. The predicted molar refractivity (Wildman–Crippen MR) is 110 cm³/mol. The Kier molecular flexibility index (Phi) is 6.24. The number of piperidine rings is 2. The second-order valence-electron chi connectivity index (χ2n) is 9.17. The molecule has 164 valence electrons. The highest BCUT2D eigenvalue weighted by molar-refractivity contribution is 5.89. The molecule has 2 fully saturated rings. The normalized spacial score (nSPS) is 25.9. The number of rotatable bonds is 4. The molecule has 0 spiro atoms. The first-order chi connectivity index (χ1) is 14.1. The number of carbonyl (C=O) groups is 3. The lowest BCUT2D eigenvalue weighted by Gasteiger charge is -2.52. The van der Waals surface area contributed by atoms with Crippen molar-refractivity contribution >= 4 is 18.1 Å². The Morgan fingerprint density at radius 2 is 1.73 bits per heavy atom. The molecule has 2 saturated heterocycles. The zero-order valence-electron chi connectivity index (χ0n) is 17.8. The van der Waals surface area contributed by atoms with Crippen molar-refractivity contribution in [3.8, 4) is 0 Å². The van der Waals surface area contributed by atoms with Crippen LogP contribution in [0.3, 0.4) is 0 Å². The molecule has 1 aromatic carbocycles. The quantitative estimate of drug-likeness (QED) is 0.782. The largest absolute Gasteiger partial charge is 0.445 e. The van der Waals surface area contributed by atoms with Crippen molar-refractivity contribution in [2.45, 2.75) is 82.7 Å². The van der Waals surface area contributed by atoms with Gasteiger partial charge in [-0.1, -0.05) is 30.3 Å². The van der Waals surface area contributed by atoms with Crippen molar-refractivity contribution in [3.05, 3.63) is 35.9 Å². The molecule has 2 heterocycles. The Morgan fingerprint density at radius 1 is 1.13 bits per heavy atom. The minimum absolute atomic E-state index is 0.0956. The van der Waals surface area contributed by atoms with Crippen LogP contribution < -0.4 is 11.1 Å². The number of ether oxygens (including phenoxy) is 2. The number of primary amides is 1. The molecular formula is C22H31N3O5. The second kappa shape index (κ2) is 8.53. The topological polar surface area (TPSA) is 111 Å². The molecule has 2 aliphatic heterocycles. The summed E-state index contributed by atoms with van der Waals surface area (Å²) >= 11 is 0. The summed E-state index contributed by atoms with van der Waals surface area (Å²) < 4.78 is 10.9. The van der Waals surface area contributed by atoms with E-state index in [4.69, 9.17) is 15.2 Å². The maximum atomic E-state index is 12.8. The summed E-state index contributed by atoms with van der Waals surface area (Å²) in [7, 11) is 0. The van der Waals surface area contributed by atoms with E-state index in [1.165, 1.54) is 0 Å². The van der Waals surface area contributed by atoms with Gasteiger partial charge < -0.3 is 25.4 Å². The van der Waals surface area contributed by atoms with Gasteiger partial charge in [0, 0.05) is 24.9 Å². The molecule has 0 saturated carbocycles. The summed E-state index contributed by atoms with van der Waals surface area (Å²) in [5, 5.41) is 2.72. The van der Waals surface area contributed by atoms with Gasteiger partial charge in [0.05, 0.1) is 0 Å². The van der Waals surface area contributed by atoms with E-state index in [0.29, 0.717) is 0 Å². The summed E-state index contributed by atoms with van der Waals surface area (Å²) in [5.74, 6) is -0.611. The molecule has 8 heteroatoms. The van der Waals surface area contributed by atoms with E-state index in [2.05, 4.69) is 5.32 Å². The number of benzene rings is 1. The molecule has 8 nitrogen and oxygen atoms in total. The SMILES string of the molecule is CC(C)(C)OC(=O)N1C2CCCC1CC(NC(=O)OCc1ccccc1)(C(N)=O)C2. The lowest BCUT2D eigenvalue weighted by atomic mass is 9.73. The number of nitrogens with zero attached hydrogens (tertiary/aromatic N) is 1. The number of carbonyl (C=O) groups excluding carboxylic acids is 3. The highest BCUT2D eigenvalue weighted by Gasteiger charge is 2.53. The molecule has 2 unspecified atom stereocenters. The van der Waals surface area contributed by atoms with Gasteiger partial charge in [-0.05, 0) is 45.6 Å². The van der Waals surface area contributed by atoms with E-state index in [1.807, 2.05) is 51.1 Å². The number of hydrogen-bond donors (Lipinski definition) is 2. The first-order valence-electron chi connectivity index (χ1n) is 10.4. The first kappa shape index (κ1) is 21.9.